The van der Waals surface area contributed by atoms with E-state index >= 15 is 0 Å². The van der Waals surface area contributed by atoms with Crippen molar-refractivity contribution in [1.29, 1.82) is 0 Å². The standard InChI is InChI=1S/C30H40N4O3S.C2H4O2/c1-5-24(22-12-14-23(15-13-22)26-20(2)32-19-38-26)33-28(35)25-9-6-16-34(25)29(36)27(31)30(3,4)18-37-17-7-8-21-10-11-21;1-4-2-3/h12-15,19,21,24-25,27H,5-6,9-11,16-18,31H2,1-4H3,(H,33,35);2H,1H3. The van der Waals surface area contributed by atoms with Crippen molar-refractivity contribution in [2.75, 3.05) is 26.9 Å². The number of hydrogen-bond acceptors (Lipinski definition) is 8. The fraction of sp³-hybridized carbons (Fsp3) is 0.562. The maximum atomic E-state index is 13.4. The van der Waals surface area contributed by atoms with Gasteiger partial charge in [-0.1, -0.05) is 56.9 Å². The smallest absolute Gasteiger partial charge is 0.292 e. The first-order chi connectivity index (χ1) is 20.1. The monoisotopic (exact) mass is 596 g/mol. The molecule has 0 radical (unpaired) electrons. The number of carbonyl (C=O) groups excluding carboxylic acids is 3. The molecule has 9 nitrogen and oxygen atoms in total. The number of ether oxygens (including phenoxy) is 2. The van der Waals surface area contributed by atoms with E-state index in [-0.39, 0.29) is 17.9 Å². The molecule has 2 fully saturated rings. The molecular formula is C32H44N4O5S. The number of rotatable bonds is 11. The lowest BCUT2D eigenvalue weighted by Crippen LogP contribution is -2.56. The van der Waals surface area contributed by atoms with Crippen molar-refractivity contribution in [3.8, 4) is 22.3 Å². The van der Waals surface area contributed by atoms with Crippen molar-refractivity contribution in [2.45, 2.75) is 77.9 Å². The Kier molecular flexibility index (Phi) is 12.5. The Morgan fingerprint density at radius 3 is 2.52 bits per heavy atom. The molecule has 1 aliphatic heterocycles. The first-order valence-corrected chi connectivity index (χ1v) is 15.4. The normalized spacial score (nSPS) is 17.7. The van der Waals surface area contributed by atoms with Gasteiger partial charge in [-0.05, 0) is 50.2 Å². The maximum Gasteiger partial charge on any atom is 0.292 e. The first-order valence-electron chi connectivity index (χ1n) is 14.5. The number of thiazole rings is 1. The number of aromatic nitrogens is 1. The highest BCUT2D eigenvalue weighted by Gasteiger charge is 2.41. The summed E-state index contributed by atoms with van der Waals surface area (Å²) < 4.78 is 9.59. The van der Waals surface area contributed by atoms with Gasteiger partial charge in [-0.15, -0.1) is 11.3 Å². The lowest BCUT2D eigenvalue weighted by atomic mass is 9.85. The molecule has 3 N–H and O–H groups in total. The van der Waals surface area contributed by atoms with Gasteiger partial charge in [0.05, 0.1) is 41.9 Å². The van der Waals surface area contributed by atoms with Crippen molar-refractivity contribution in [1.82, 2.24) is 15.2 Å². The van der Waals surface area contributed by atoms with Crippen LogP contribution in [0.2, 0.25) is 0 Å². The van der Waals surface area contributed by atoms with Crippen LogP contribution in [0.5, 0.6) is 0 Å². The minimum absolute atomic E-state index is 0.123. The van der Waals surface area contributed by atoms with E-state index in [1.807, 2.05) is 26.3 Å². The molecule has 3 unspecified atom stereocenters. The van der Waals surface area contributed by atoms with Crippen LogP contribution in [-0.4, -0.2) is 67.1 Å². The molecule has 2 aromatic rings. The van der Waals surface area contributed by atoms with Gasteiger partial charge in [0.1, 0.15) is 12.6 Å². The van der Waals surface area contributed by atoms with Crippen LogP contribution >= 0.6 is 11.3 Å². The Bertz CT molecular complexity index is 1250. The summed E-state index contributed by atoms with van der Waals surface area (Å²) in [4.78, 5) is 42.9. The van der Waals surface area contributed by atoms with E-state index in [1.54, 1.807) is 16.2 Å². The van der Waals surface area contributed by atoms with Gasteiger partial charge >= 0.3 is 0 Å². The van der Waals surface area contributed by atoms with Crippen molar-refractivity contribution in [3.63, 3.8) is 0 Å². The van der Waals surface area contributed by atoms with E-state index in [0.29, 0.717) is 38.6 Å². The molecule has 10 heteroatoms. The number of amides is 2. The lowest BCUT2D eigenvalue weighted by Gasteiger charge is -2.35. The van der Waals surface area contributed by atoms with Gasteiger partial charge in [-0.2, -0.15) is 0 Å². The van der Waals surface area contributed by atoms with Crippen molar-refractivity contribution in [2.24, 2.45) is 17.1 Å². The number of methoxy groups -OCH3 is 1. The van der Waals surface area contributed by atoms with Crippen molar-refractivity contribution >= 4 is 29.6 Å². The fourth-order valence-electron chi connectivity index (χ4n) is 4.82. The number of hydrogen-bond donors (Lipinski definition) is 2. The summed E-state index contributed by atoms with van der Waals surface area (Å²) in [6.07, 6.45) is 4.53. The minimum Gasteiger partial charge on any atom is -0.471 e. The molecule has 1 aliphatic carbocycles. The quantitative estimate of drug-likeness (QED) is 0.226. The summed E-state index contributed by atoms with van der Waals surface area (Å²) in [5.74, 6) is 6.44. The lowest BCUT2D eigenvalue weighted by molar-refractivity contribution is -0.142. The number of aryl methyl sites for hydroxylation is 1. The molecule has 1 aromatic carbocycles. The molecular weight excluding hydrogens is 552 g/mol. The van der Waals surface area contributed by atoms with Crippen molar-refractivity contribution < 1.29 is 23.9 Å². The molecule has 1 saturated heterocycles. The van der Waals surface area contributed by atoms with E-state index in [2.05, 4.69) is 58.1 Å². The summed E-state index contributed by atoms with van der Waals surface area (Å²) in [6.45, 7) is 9.51. The van der Waals surface area contributed by atoms with E-state index < -0.39 is 17.5 Å². The van der Waals surface area contributed by atoms with Gasteiger partial charge in [0, 0.05) is 17.9 Å². The zero-order chi connectivity index (χ0) is 30.7. The summed E-state index contributed by atoms with van der Waals surface area (Å²) in [7, 11) is 1.31. The van der Waals surface area contributed by atoms with Crippen LogP contribution in [0.25, 0.3) is 10.4 Å². The number of carbonyl (C=O) groups is 3. The van der Waals surface area contributed by atoms with Crippen LogP contribution in [0.4, 0.5) is 0 Å². The van der Waals surface area contributed by atoms with Crippen LogP contribution < -0.4 is 11.1 Å². The van der Waals surface area contributed by atoms with Gasteiger partial charge in [-0.25, -0.2) is 4.98 Å². The van der Waals surface area contributed by atoms with Gasteiger partial charge < -0.3 is 25.4 Å². The van der Waals surface area contributed by atoms with Gasteiger partial charge in [0.25, 0.3) is 6.47 Å². The van der Waals surface area contributed by atoms with E-state index in [4.69, 9.17) is 15.3 Å². The van der Waals surface area contributed by atoms with Crippen LogP contribution in [0.3, 0.4) is 0 Å². The molecule has 2 amide bonds. The van der Waals surface area contributed by atoms with Crippen LogP contribution in [0.1, 0.15) is 70.2 Å². The van der Waals surface area contributed by atoms with Crippen molar-refractivity contribution in [3.05, 3.63) is 41.0 Å². The number of likely N-dealkylation sites (tertiary alicyclic amines) is 1. The molecule has 3 atom stereocenters. The third-order valence-corrected chi connectivity index (χ3v) is 8.60. The van der Waals surface area contributed by atoms with Gasteiger partial charge in [0.2, 0.25) is 11.8 Å². The van der Waals surface area contributed by atoms with E-state index in [9.17, 15) is 9.59 Å². The topological polar surface area (TPSA) is 124 Å². The molecule has 0 bridgehead atoms. The summed E-state index contributed by atoms with van der Waals surface area (Å²) >= 11 is 1.62. The Hall–Kier alpha value is -3.26. The molecule has 42 heavy (non-hydrogen) atoms. The highest BCUT2D eigenvalue weighted by Crippen LogP contribution is 2.30. The van der Waals surface area contributed by atoms with Crippen LogP contribution in [0, 0.1) is 30.1 Å². The predicted molar refractivity (Wildman–Crippen MR) is 164 cm³/mol. The first kappa shape index (κ1) is 33.2. The van der Waals surface area contributed by atoms with E-state index in [1.165, 1.54) is 20.0 Å². The molecule has 4 rings (SSSR count). The predicted octanol–water partition coefficient (Wildman–Crippen LogP) is 4.25. The average molecular weight is 597 g/mol. The Balaban J connectivity index is 0.00000114. The Morgan fingerprint density at radius 1 is 1.26 bits per heavy atom. The fourth-order valence-corrected chi connectivity index (χ4v) is 5.63. The number of nitrogens with two attached hydrogens (primary N) is 1. The molecule has 228 valence electrons. The van der Waals surface area contributed by atoms with E-state index in [0.717, 1.165) is 34.5 Å². The molecule has 2 heterocycles. The van der Waals surface area contributed by atoms with Crippen LogP contribution in [0.15, 0.2) is 29.8 Å². The molecule has 1 aromatic heterocycles. The third-order valence-electron chi connectivity index (χ3n) is 7.62. The summed E-state index contributed by atoms with van der Waals surface area (Å²) in [5, 5.41) is 3.19. The largest absolute Gasteiger partial charge is 0.471 e. The summed E-state index contributed by atoms with van der Waals surface area (Å²) in [5.41, 5.74) is 10.9. The highest BCUT2D eigenvalue weighted by molar-refractivity contribution is 7.13. The van der Waals surface area contributed by atoms with Gasteiger partial charge in [-0.3, -0.25) is 14.4 Å². The second-order valence-corrected chi connectivity index (χ2v) is 12.3. The maximum absolute atomic E-state index is 13.4. The average Bonchev–Trinajstić information content (AvgIpc) is 3.50. The van der Waals surface area contributed by atoms with Crippen LogP contribution in [-0.2, 0) is 23.9 Å². The highest BCUT2D eigenvalue weighted by atomic mass is 32.1. The second-order valence-electron chi connectivity index (χ2n) is 11.4. The number of nitrogens with zero attached hydrogens (tertiary/aromatic N) is 2. The minimum atomic E-state index is -0.767. The third kappa shape index (κ3) is 9.12. The zero-order valence-electron chi connectivity index (χ0n) is 25.4. The number of benzene rings is 1. The summed E-state index contributed by atoms with van der Waals surface area (Å²) in [6, 6.07) is 6.88. The second kappa shape index (κ2) is 15.8. The molecule has 2 aliphatic rings. The molecule has 1 saturated carbocycles. The Morgan fingerprint density at radius 2 is 1.95 bits per heavy atom. The SMILES string of the molecule is CCC(NC(=O)C1CCCN1C(=O)C(N)C(C)(C)COCC#CC1CC1)c1ccc(-c2scnc2C)cc1.COC=O. The Labute approximate surface area is 253 Å². The van der Waals surface area contributed by atoms with Gasteiger partial charge in [0.15, 0.2) is 0 Å². The zero-order valence-corrected chi connectivity index (χ0v) is 26.2. The molecule has 0 spiro atoms. The number of nitrogens with one attached hydrogen (secondary N) is 1.